The Hall–Kier alpha value is -3.91. The number of fused-ring (bicyclic) bond motifs is 3. The van der Waals surface area contributed by atoms with Crippen molar-refractivity contribution >= 4 is 54.2 Å². The van der Waals surface area contributed by atoms with Gasteiger partial charge in [-0.15, -0.1) is 0 Å². The quantitative estimate of drug-likeness (QED) is 0.279. The minimum atomic E-state index is 0.675. The Bertz CT molecular complexity index is 1690. The van der Waals surface area contributed by atoms with Crippen LogP contribution < -0.4 is 0 Å². The number of oxazole rings is 1. The van der Waals surface area contributed by atoms with Gasteiger partial charge in [-0.1, -0.05) is 78.9 Å². The van der Waals surface area contributed by atoms with Gasteiger partial charge in [-0.3, -0.25) is 0 Å². The molecule has 0 bridgehead atoms. The average Bonchev–Trinajstić information content (AvgIpc) is 3.22. The van der Waals surface area contributed by atoms with Gasteiger partial charge in [-0.2, -0.15) is 0 Å². The van der Waals surface area contributed by atoms with Crippen LogP contribution in [-0.4, -0.2) is 4.98 Å². The van der Waals surface area contributed by atoms with Gasteiger partial charge in [-0.05, 0) is 49.8 Å². The van der Waals surface area contributed by atoms with E-state index in [2.05, 4.69) is 78.9 Å². The highest BCUT2D eigenvalue weighted by Crippen LogP contribution is 2.40. The van der Waals surface area contributed by atoms with Crippen LogP contribution >= 0.6 is 0 Å². The number of rotatable bonds is 1. The van der Waals surface area contributed by atoms with Crippen molar-refractivity contribution in [2.75, 3.05) is 0 Å². The van der Waals surface area contributed by atoms with Crippen LogP contribution in [0, 0.1) is 0 Å². The minimum absolute atomic E-state index is 0.675. The van der Waals surface area contributed by atoms with E-state index in [1.165, 1.54) is 37.7 Å². The lowest BCUT2D eigenvalue weighted by atomic mass is 9.92. The van der Waals surface area contributed by atoms with Crippen molar-refractivity contribution in [3.05, 3.63) is 91.0 Å². The highest BCUT2D eigenvalue weighted by molar-refractivity contribution is 6.25. The van der Waals surface area contributed by atoms with Crippen molar-refractivity contribution in [3.63, 3.8) is 0 Å². The van der Waals surface area contributed by atoms with Crippen LogP contribution in [0.15, 0.2) is 95.4 Å². The summed E-state index contributed by atoms with van der Waals surface area (Å²) in [6, 6.07) is 32.0. The first-order valence-electron chi connectivity index (χ1n) is 9.82. The first-order chi connectivity index (χ1) is 14.4. The molecule has 29 heavy (non-hydrogen) atoms. The molecule has 6 aromatic carbocycles. The molecule has 7 rings (SSSR count). The second-order valence-corrected chi connectivity index (χ2v) is 7.62. The summed E-state index contributed by atoms with van der Waals surface area (Å²) in [6.07, 6.45) is 0. The van der Waals surface area contributed by atoms with Gasteiger partial charge in [-0.25, -0.2) is 4.98 Å². The topological polar surface area (TPSA) is 26.0 Å². The van der Waals surface area contributed by atoms with E-state index in [1.807, 2.05) is 12.1 Å². The molecule has 7 aromatic rings. The highest BCUT2D eigenvalue weighted by atomic mass is 16.3. The van der Waals surface area contributed by atoms with E-state index < -0.39 is 0 Å². The van der Waals surface area contributed by atoms with E-state index >= 15 is 0 Å². The first kappa shape index (κ1) is 15.1. The molecule has 0 unspecified atom stereocenters. The molecule has 0 N–H and O–H groups in total. The summed E-state index contributed by atoms with van der Waals surface area (Å²) in [7, 11) is 0. The zero-order valence-corrected chi connectivity index (χ0v) is 15.5. The lowest BCUT2D eigenvalue weighted by Gasteiger charge is -2.12. The van der Waals surface area contributed by atoms with Gasteiger partial charge in [0.25, 0.3) is 0 Å². The van der Waals surface area contributed by atoms with Gasteiger partial charge in [0, 0.05) is 10.9 Å². The summed E-state index contributed by atoms with van der Waals surface area (Å²) in [6.45, 7) is 0. The van der Waals surface area contributed by atoms with Crippen LogP contribution in [0.1, 0.15) is 0 Å². The van der Waals surface area contributed by atoms with Gasteiger partial charge in [0.15, 0.2) is 5.58 Å². The molecule has 0 fully saturated rings. The number of aromatic nitrogens is 1. The molecule has 0 aliphatic carbocycles. The monoisotopic (exact) mass is 369 g/mol. The molecule has 0 spiro atoms. The predicted octanol–water partition coefficient (Wildman–Crippen LogP) is 7.55. The third kappa shape index (κ3) is 1.98. The molecular weight excluding hydrogens is 354 g/mol. The van der Waals surface area contributed by atoms with Gasteiger partial charge in [0.1, 0.15) is 5.52 Å². The molecule has 0 saturated carbocycles. The van der Waals surface area contributed by atoms with Crippen molar-refractivity contribution in [3.8, 4) is 11.5 Å². The number of hydrogen-bond acceptors (Lipinski definition) is 2. The fourth-order valence-electron chi connectivity index (χ4n) is 4.70. The number of benzene rings is 6. The van der Waals surface area contributed by atoms with Gasteiger partial charge in [0.2, 0.25) is 5.89 Å². The predicted molar refractivity (Wildman–Crippen MR) is 121 cm³/mol. The van der Waals surface area contributed by atoms with Crippen LogP contribution in [0.3, 0.4) is 0 Å². The summed E-state index contributed by atoms with van der Waals surface area (Å²) in [4.78, 5) is 4.93. The van der Waals surface area contributed by atoms with Crippen molar-refractivity contribution in [1.29, 1.82) is 0 Å². The molecule has 0 radical (unpaired) electrons. The molecule has 1 heterocycles. The van der Waals surface area contributed by atoms with E-state index in [4.69, 9.17) is 9.40 Å². The third-order valence-electron chi connectivity index (χ3n) is 6.04. The molecule has 0 aliphatic rings. The molecule has 0 amide bonds. The zero-order chi connectivity index (χ0) is 18.9. The van der Waals surface area contributed by atoms with E-state index in [0.29, 0.717) is 5.89 Å². The summed E-state index contributed by atoms with van der Waals surface area (Å²) < 4.78 is 6.24. The molecule has 0 aliphatic heterocycles. The SMILES string of the molecule is c1ccc2c(c1)ccc1oc(-c3ccc4ccc5cccc6ccc3c4c56)nc12. The molecule has 134 valence electrons. The lowest BCUT2D eigenvalue weighted by Crippen LogP contribution is -1.87. The van der Waals surface area contributed by atoms with Gasteiger partial charge >= 0.3 is 0 Å². The standard InChI is InChI=1S/C27H15NO/c1-2-7-20-16(4-1)12-15-23-26(20)28-27(29-23)22-14-11-19-9-8-17-5-3-6-18-10-13-21(22)25(19)24(17)18/h1-15H. The highest BCUT2D eigenvalue weighted by Gasteiger charge is 2.16. The molecule has 2 heteroatoms. The van der Waals surface area contributed by atoms with E-state index in [9.17, 15) is 0 Å². The maximum absolute atomic E-state index is 6.24. The minimum Gasteiger partial charge on any atom is -0.436 e. The Morgan fingerprint density at radius 1 is 0.517 bits per heavy atom. The first-order valence-corrected chi connectivity index (χ1v) is 9.82. The summed E-state index contributed by atoms with van der Waals surface area (Å²) in [5.74, 6) is 0.675. The second-order valence-electron chi connectivity index (χ2n) is 7.62. The zero-order valence-electron chi connectivity index (χ0n) is 15.5. The Morgan fingerprint density at radius 2 is 1.21 bits per heavy atom. The summed E-state index contributed by atoms with van der Waals surface area (Å²) in [5, 5.41) is 9.85. The van der Waals surface area contributed by atoms with Crippen molar-refractivity contribution in [2.45, 2.75) is 0 Å². The van der Waals surface area contributed by atoms with E-state index in [1.54, 1.807) is 0 Å². The van der Waals surface area contributed by atoms with Crippen LogP contribution in [0.4, 0.5) is 0 Å². The van der Waals surface area contributed by atoms with E-state index in [-0.39, 0.29) is 0 Å². The number of hydrogen-bond donors (Lipinski definition) is 0. The van der Waals surface area contributed by atoms with Gasteiger partial charge in [0.05, 0.1) is 0 Å². The Labute approximate surface area is 166 Å². The maximum Gasteiger partial charge on any atom is 0.227 e. The fourth-order valence-corrected chi connectivity index (χ4v) is 4.70. The molecule has 1 aromatic heterocycles. The van der Waals surface area contributed by atoms with Crippen LogP contribution in [0.25, 0.3) is 65.6 Å². The molecule has 0 saturated heterocycles. The average molecular weight is 369 g/mol. The third-order valence-corrected chi connectivity index (χ3v) is 6.04. The molecule has 2 nitrogen and oxygen atoms in total. The summed E-state index contributed by atoms with van der Waals surface area (Å²) >= 11 is 0. The van der Waals surface area contributed by atoms with E-state index in [0.717, 1.165) is 22.0 Å². The lowest BCUT2D eigenvalue weighted by molar-refractivity contribution is 0.621. The number of nitrogens with zero attached hydrogens (tertiary/aromatic N) is 1. The summed E-state index contributed by atoms with van der Waals surface area (Å²) in [5.41, 5.74) is 2.78. The Morgan fingerprint density at radius 3 is 2.10 bits per heavy atom. The largest absolute Gasteiger partial charge is 0.436 e. The normalized spacial score (nSPS) is 12.1. The Balaban J connectivity index is 1.60. The second kappa shape index (κ2) is 5.33. The van der Waals surface area contributed by atoms with Crippen LogP contribution in [-0.2, 0) is 0 Å². The fraction of sp³-hybridized carbons (Fsp3) is 0. The Kier molecular flexibility index (Phi) is 2.77. The van der Waals surface area contributed by atoms with Crippen molar-refractivity contribution in [1.82, 2.24) is 4.98 Å². The maximum atomic E-state index is 6.24. The van der Waals surface area contributed by atoms with Gasteiger partial charge < -0.3 is 4.42 Å². The van der Waals surface area contributed by atoms with Crippen molar-refractivity contribution < 1.29 is 4.42 Å². The molecule has 0 atom stereocenters. The van der Waals surface area contributed by atoms with Crippen LogP contribution in [0.5, 0.6) is 0 Å². The molecular formula is C27H15NO. The van der Waals surface area contributed by atoms with Crippen LogP contribution in [0.2, 0.25) is 0 Å². The smallest absolute Gasteiger partial charge is 0.227 e. The van der Waals surface area contributed by atoms with Crippen molar-refractivity contribution in [2.24, 2.45) is 0 Å².